The summed E-state index contributed by atoms with van der Waals surface area (Å²) in [5, 5.41) is 5.33. The first kappa shape index (κ1) is 4.17. The zero-order chi connectivity index (χ0) is 5.28. The molecular formula is C2HF2N3. The summed E-state index contributed by atoms with van der Waals surface area (Å²) >= 11 is 0. The summed E-state index contributed by atoms with van der Waals surface area (Å²) in [4.78, 5) is -0.199. The van der Waals surface area contributed by atoms with Crippen molar-refractivity contribution in [2.75, 3.05) is 0 Å². The van der Waals surface area contributed by atoms with E-state index in [-0.39, 0.29) is 4.90 Å². The molecule has 0 bridgehead atoms. The van der Waals surface area contributed by atoms with E-state index in [1.165, 1.54) is 0 Å². The van der Waals surface area contributed by atoms with Gasteiger partial charge in [-0.2, -0.15) is 4.39 Å². The third kappa shape index (κ3) is 0.703. The van der Waals surface area contributed by atoms with E-state index in [0.29, 0.717) is 6.20 Å². The SMILES string of the molecule is Fc1cn(F)nn1. The standard InChI is InChI=1S/C2HF2N3/c3-2-1-7(4)6-5-2/h1H. The van der Waals surface area contributed by atoms with Crippen LogP contribution in [0.1, 0.15) is 0 Å². The largest absolute Gasteiger partial charge is 0.255 e. The molecule has 0 atom stereocenters. The van der Waals surface area contributed by atoms with Crippen molar-refractivity contribution in [3.63, 3.8) is 0 Å². The maximum absolute atomic E-state index is 11.5. The lowest BCUT2D eigenvalue weighted by atomic mass is 10.9. The molecule has 7 heavy (non-hydrogen) atoms. The number of hydrogen-bond donors (Lipinski definition) is 0. The first-order valence-corrected chi connectivity index (χ1v) is 1.53. The average Bonchev–Trinajstić information content (AvgIpc) is 1.87. The van der Waals surface area contributed by atoms with Crippen LogP contribution in [0.15, 0.2) is 6.20 Å². The average molecular weight is 105 g/mol. The van der Waals surface area contributed by atoms with Crippen molar-refractivity contribution in [1.82, 2.24) is 15.2 Å². The van der Waals surface area contributed by atoms with Crippen LogP contribution >= 0.6 is 0 Å². The van der Waals surface area contributed by atoms with Crippen LogP contribution in [-0.4, -0.2) is 15.2 Å². The second-order valence-electron chi connectivity index (χ2n) is 0.930. The predicted molar refractivity (Wildman–Crippen MR) is 16.5 cm³/mol. The summed E-state index contributed by atoms with van der Waals surface area (Å²) in [6.45, 7) is 0. The van der Waals surface area contributed by atoms with Crippen molar-refractivity contribution in [2.24, 2.45) is 0 Å². The van der Waals surface area contributed by atoms with Crippen LogP contribution in [0.2, 0.25) is 0 Å². The highest BCUT2D eigenvalue weighted by atomic mass is 19.2. The molecule has 0 saturated heterocycles. The van der Waals surface area contributed by atoms with Crippen LogP contribution < -0.4 is 0 Å². The summed E-state index contributed by atoms with van der Waals surface area (Å²) in [6.07, 6.45) is 0.528. The molecule has 38 valence electrons. The molecule has 1 rings (SSSR count). The van der Waals surface area contributed by atoms with Crippen LogP contribution in [0.5, 0.6) is 0 Å². The third-order valence-electron chi connectivity index (χ3n) is 0.439. The molecule has 0 aromatic carbocycles. The summed E-state index contributed by atoms with van der Waals surface area (Å²) in [5.74, 6) is -0.914. The third-order valence-corrected chi connectivity index (χ3v) is 0.439. The van der Waals surface area contributed by atoms with Crippen molar-refractivity contribution < 1.29 is 8.87 Å². The fourth-order valence-electron chi connectivity index (χ4n) is 0.225. The van der Waals surface area contributed by atoms with Crippen LogP contribution in [-0.2, 0) is 0 Å². The number of aromatic nitrogens is 3. The van der Waals surface area contributed by atoms with Crippen molar-refractivity contribution >= 4 is 0 Å². The Balaban J connectivity index is 3.04. The van der Waals surface area contributed by atoms with Gasteiger partial charge in [0.25, 0.3) is 5.95 Å². The van der Waals surface area contributed by atoms with Crippen molar-refractivity contribution in [2.45, 2.75) is 0 Å². The van der Waals surface area contributed by atoms with E-state index in [1.807, 2.05) is 0 Å². The van der Waals surface area contributed by atoms with E-state index in [4.69, 9.17) is 0 Å². The van der Waals surface area contributed by atoms with Gasteiger partial charge >= 0.3 is 0 Å². The van der Waals surface area contributed by atoms with E-state index in [2.05, 4.69) is 10.3 Å². The molecule has 0 fully saturated rings. The molecule has 0 spiro atoms. The van der Waals surface area contributed by atoms with E-state index >= 15 is 0 Å². The van der Waals surface area contributed by atoms with Crippen LogP contribution in [0.3, 0.4) is 0 Å². The Labute approximate surface area is 37.5 Å². The van der Waals surface area contributed by atoms with Gasteiger partial charge < -0.3 is 0 Å². The van der Waals surface area contributed by atoms with Gasteiger partial charge in [-0.3, -0.25) is 0 Å². The Morgan fingerprint density at radius 3 is 2.57 bits per heavy atom. The molecule has 1 aromatic heterocycles. The first-order valence-electron chi connectivity index (χ1n) is 1.53. The molecule has 3 nitrogen and oxygen atoms in total. The maximum atomic E-state index is 11.5. The highest BCUT2D eigenvalue weighted by Gasteiger charge is 1.92. The monoisotopic (exact) mass is 105 g/mol. The lowest BCUT2D eigenvalue weighted by Gasteiger charge is -1.66. The fraction of sp³-hybridized carbons (Fsp3) is 0. The Morgan fingerprint density at radius 1 is 1.71 bits per heavy atom. The molecule has 0 amide bonds. The fourth-order valence-corrected chi connectivity index (χ4v) is 0.225. The smallest absolute Gasteiger partial charge is 0.181 e. The molecule has 0 aliphatic rings. The second-order valence-corrected chi connectivity index (χ2v) is 0.930. The number of halogens is 2. The van der Waals surface area contributed by atoms with E-state index in [9.17, 15) is 8.87 Å². The Bertz CT molecular complexity index is 143. The van der Waals surface area contributed by atoms with Gasteiger partial charge in [-0.15, -0.1) is 0 Å². The molecule has 1 heterocycles. The quantitative estimate of drug-likeness (QED) is 0.470. The predicted octanol–water partition coefficient (Wildman–Crippen LogP) is 0.150. The Morgan fingerprint density at radius 2 is 2.43 bits per heavy atom. The van der Waals surface area contributed by atoms with E-state index in [1.54, 1.807) is 0 Å². The van der Waals surface area contributed by atoms with Crippen molar-refractivity contribution in [1.29, 1.82) is 0 Å². The summed E-state index contributed by atoms with van der Waals surface area (Å²) in [6, 6.07) is 0. The van der Waals surface area contributed by atoms with Gasteiger partial charge in [0, 0.05) is 0 Å². The highest BCUT2D eigenvalue weighted by molar-refractivity contribution is 4.65. The minimum Gasteiger partial charge on any atom is -0.181 e. The van der Waals surface area contributed by atoms with Gasteiger partial charge in [-0.25, -0.2) is 0 Å². The first-order chi connectivity index (χ1) is 3.29. The topological polar surface area (TPSA) is 30.7 Å². The maximum Gasteiger partial charge on any atom is 0.255 e. The number of nitrogens with zero attached hydrogens (tertiary/aromatic N) is 3. The number of rotatable bonds is 0. The molecular weight excluding hydrogens is 104 g/mol. The molecule has 1 aromatic rings. The van der Waals surface area contributed by atoms with Crippen LogP contribution in [0.4, 0.5) is 8.87 Å². The summed E-state index contributed by atoms with van der Waals surface area (Å²) in [5.41, 5.74) is 0. The van der Waals surface area contributed by atoms with Crippen molar-refractivity contribution in [3.8, 4) is 0 Å². The zero-order valence-electron chi connectivity index (χ0n) is 3.17. The molecule has 0 radical (unpaired) electrons. The van der Waals surface area contributed by atoms with Crippen LogP contribution in [0.25, 0.3) is 0 Å². The van der Waals surface area contributed by atoms with Gasteiger partial charge in [0.15, 0.2) is 0 Å². The summed E-state index contributed by atoms with van der Waals surface area (Å²) in [7, 11) is 0. The van der Waals surface area contributed by atoms with E-state index < -0.39 is 5.95 Å². The van der Waals surface area contributed by atoms with Gasteiger partial charge in [0.05, 0.1) is 0 Å². The van der Waals surface area contributed by atoms with Gasteiger partial charge in [-0.1, -0.05) is 14.5 Å². The van der Waals surface area contributed by atoms with Gasteiger partial charge in [0.2, 0.25) is 0 Å². The van der Waals surface area contributed by atoms with E-state index in [0.717, 1.165) is 0 Å². The normalized spacial score (nSPS) is 9.43. The molecule has 5 heteroatoms. The van der Waals surface area contributed by atoms with Gasteiger partial charge in [0.1, 0.15) is 6.20 Å². The second kappa shape index (κ2) is 1.25. The van der Waals surface area contributed by atoms with Gasteiger partial charge in [-0.05, 0) is 5.21 Å². The molecule has 0 N–H and O–H groups in total. The highest BCUT2D eigenvalue weighted by Crippen LogP contribution is 1.85. The molecule has 0 aliphatic carbocycles. The lowest BCUT2D eigenvalue weighted by molar-refractivity contribution is 0.306. The van der Waals surface area contributed by atoms with Crippen LogP contribution in [0, 0.1) is 5.95 Å². The minimum atomic E-state index is -0.914. The minimum absolute atomic E-state index is 0.199. The molecule has 0 unspecified atom stereocenters. The molecule has 0 aliphatic heterocycles. The Kier molecular flexibility index (Phi) is 0.744. The molecule has 0 saturated carbocycles. The number of hydrogen-bond acceptors (Lipinski definition) is 2. The lowest BCUT2D eigenvalue weighted by Crippen LogP contribution is -1.78. The summed E-state index contributed by atoms with van der Waals surface area (Å²) < 4.78 is 22.9. The Hall–Kier alpha value is -1.00. The zero-order valence-corrected chi connectivity index (χ0v) is 3.17. The van der Waals surface area contributed by atoms with Crippen molar-refractivity contribution in [3.05, 3.63) is 12.1 Å².